The van der Waals surface area contributed by atoms with E-state index in [1.807, 2.05) is 0 Å². The van der Waals surface area contributed by atoms with E-state index in [1.54, 1.807) is 12.1 Å². The summed E-state index contributed by atoms with van der Waals surface area (Å²) in [5.41, 5.74) is 7.08. The van der Waals surface area contributed by atoms with Crippen LogP contribution >= 0.6 is 0 Å². The Kier molecular flexibility index (Phi) is 3.15. The molecule has 98 valence electrons. The molecule has 1 aliphatic carbocycles. The van der Waals surface area contributed by atoms with Gasteiger partial charge in [0.25, 0.3) is 5.69 Å². The zero-order chi connectivity index (χ0) is 13.3. The van der Waals surface area contributed by atoms with Gasteiger partial charge < -0.3 is 11.1 Å². The summed E-state index contributed by atoms with van der Waals surface area (Å²) in [6.07, 6.45) is 3.45. The topological polar surface area (TPSA) is 81.2 Å². The van der Waals surface area contributed by atoms with Gasteiger partial charge in [-0.15, -0.1) is 0 Å². The van der Waals surface area contributed by atoms with Crippen LogP contribution in [-0.2, 0) is 0 Å². The third-order valence-electron chi connectivity index (χ3n) is 3.56. The van der Waals surface area contributed by atoms with E-state index in [0.717, 1.165) is 18.5 Å². The van der Waals surface area contributed by atoms with Crippen LogP contribution in [0.15, 0.2) is 18.2 Å². The maximum absolute atomic E-state index is 10.7. The minimum absolute atomic E-state index is 0.0349. The predicted octanol–water partition coefficient (Wildman–Crippen LogP) is 3.17. The number of nitrogen functional groups attached to an aromatic ring is 1. The first kappa shape index (κ1) is 12.7. The normalized spacial score (nSPS) is 21.8. The summed E-state index contributed by atoms with van der Waals surface area (Å²) in [7, 11) is 0. The van der Waals surface area contributed by atoms with Crippen molar-refractivity contribution in [1.82, 2.24) is 0 Å². The van der Waals surface area contributed by atoms with E-state index in [4.69, 9.17) is 5.73 Å². The lowest BCUT2D eigenvalue weighted by Crippen LogP contribution is -2.17. The van der Waals surface area contributed by atoms with E-state index in [9.17, 15) is 10.1 Å². The van der Waals surface area contributed by atoms with Gasteiger partial charge in [-0.05, 0) is 36.8 Å². The zero-order valence-corrected chi connectivity index (χ0v) is 10.8. The maximum Gasteiger partial charge on any atom is 0.292 e. The summed E-state index contributed by atoms with van der Waals surface area (Å²) in [4.78, 5) is 10.2. The lowest BCUT2D eigenvalue weighted by Gasteiger charge is -2.18. The average molecular weight is 249 g/mol. The van der Waals surface area contributed by atoms with Crippen LogP contribution in [0.5, 0.6) is 0 Å². The maximum atomic E-state index is 10.7. The number of nitrogens with zero attached hydrogens (tertiary/aromatic N) is 1. The quantitative estimate of drug-likeness (QED) is 0.489. The molecule has 1 aromatic rings. The van der Waals surface area contributed by atoms with E-state index in [-0.39, 0.29) is 11.4 Å². The minimum Gasteiger partial charge on any atom is -0.393 e. The Morgan fingerprint density at radius 1 is 1.50 bits per heavy atom. The fraction of sp³-hybridized carbons (Fsp3) is 0.538. The number of anilines is 2. The highest BCUT2D eigenvalue weighted by Gasteiger charge is 2.30. The van der Waals surface area contributed by atoms with Gasteiger partial charge in [0, 0.05) is 17.8 Å². The highest BCUT2D eigenvalue weighted by atomic mass is 16.6. The van der Waals surface area contributed by atoms with Crippen LogP contribution in [0.25, 0.3) is 0 Å². The van der Waals surface area contributed by atoms with Gasteiger partial charge in [-0.3, -0.25) is 10.1 Å². The Hall–Kier alpha value is -1.78. The fourth-order valence-corrected chi connectivity index (χ4v) is 2.61. The van der Waals surface area contributed by atoms with Crippen molar-refractivity contribution in [2.75, 3.05) is 11.1 Å². The molecule has 0 spiro atoms. The molecule has 0 bridgehead atoms. The van der Waals surface area contributed by atoms with Crippen molar-refractivity contribution in [1.29, 1.82) is 0 Å². The summed E-state index contributed by atoms with van der Waals surface area (Å²) in [6, 6.07) is 5.25. The molecule has 0 heterocycles. The number of rotatable bonds is 3. The molecule has 0 saturated heterocycles. The van der Waals surface area contributed by atoms with E-state index >= 15 is 0 Å². The third-order valence-corrected chi connectivity index (χ3v) is 3.56. The third kappa shape index (κ3) is 2.72. The van der Waals surface area contributed by atoms with Crippen LogP contribution in [0.1, 0.15) is 33.1 Å². The Labute approximate surface area is 107 Å². The van der Waals surface area contributed by atoms with E-state index in [2.05, 4.69) is 19.2 Å². The molecule has 18 heavy (non-hydrogen) atoms. The predicted molar refractivity (Wildman–Crippen MR) is 72.6 cm³/mol. The highest BCUT2D eigenvalue weighted by molar-refractivity contribution is 5.66. The number of nitro groups is 1. The van der Waals surface area contributed by atoms with Crippen molar-refractivity contribution in [3.63, 3.8) is 0 Å². The van der Waals surface area contributed by atoms with Crippen molar-refractivity contribution in [2.24, 2.45) is 5.41 Å². The molecule has 0 amide bonds. The second-order valence-electron chi connectivity index (χ2n) is 5.78. The Morgan fingerprint density at radius 2 is 2.22 bits per heavy atom. The van der Waals surface area contributed by atoms with E-state index in [1.165, 1.54) is 12.5 Å². The highest BCUT2D eigenvalue weighted by Crippen LogP contribution is 2.38. The van der Waals surface area contributed by atoms with Crippen LogP contribution in [-0.4, -0.2) is 11.0 Å². The van der Waals surface area contributed by atoms with Gasteiger partial charge in [0.1, 0.15) is 5.69 Å². The number of nitro benzene ring substituents is 1. The number of benzene rings is 1. The summed E-state index contributed by atoms with van der Waals surface area (Å²) in [5.74, 6) is 0. The van der Waals surface area contributed by atoms with Gasteiger partial charge in [0.15, 0.2) is 0 Å². The molecule has 5 heteroatoms. The van der Waals surface area contributed by atoms with Crippen molar-refractivity contribution >= 4 is 17.1 Å². The monoisotopic (exact) mass is 249 g/mol. The van der Waals surface area contributed by atoms with Crippen LogP contribution in [0, 0.1) is 15.5 Å². The Balaban J connectivity index is 2.07. The molecule has 1 unspecified atom stereocenters. The molecule has 1 atom stereocenters. The van der Waals surface area contributed by atoms with Gasteiger partial charge >= 0.3 is 0 Å². The van der Waals surface area contributed by atoms with Crippen molar-refractivity contribution < 1.29 is 4.92 Å². The lowest BCUT2D eigenvalue weighted by molar-refractivity contribution is -0.383. The summed E-state index contributed by atoms with van der Waals surface area (Å²) in [5, 5.41) is 14.1. The summed E-state index contributed by atoms with van der Waals surface area (Å²) >= 11 is 0. The Bertz CT molecular complexity index is 471. The zero-order valence-electron chi connectivity index (χ0n) is 10.8. The molecule has 2 rings (SSSR count). The lowest BCUT2D eigenvalue weighted by atomic mass is 9.92. The molecule has 1 fully saturated rings. The first-order chi connectivity index (χ1) is 8.37. The molecule has 5 nitrogen and oxygen atoms in total. The molecular weight excluding hydrogens is 230 g/mol. The molecule has 1 saturated carbocycles. The minimum atomic E-state index is -0.461. The largest absolute Gasteiger partial charge is 0.393 e. The van der Waals surface area contributed by atoms with Crippen LogP contribution in [0.3, 0.4) is 0 Å². The fourth-order valence-electron chi connectivity index (χ4n) is 2.61. The SMILES string of the molecule is CC1(C)CCC(Nc2ccc([N+](=O)[O-])c(N)c2)C1. The second-order valence-corrected chi connectivity index (χ2v) is 5.78. The molecule has 0 radical (unpaired) electrons. The smallest absolute Gasteiger partial charge is 0.292 e. The van der Waals surface area contributed by atoms with Gasteiger partial charge in [0.05, 0.1) is 4.92 Å². The van der Waals surface area contributed by atoms with Crippen molar-refractivity contribution in [2.45, 2.75) is 39.2 Å². The molecule has 0 aromatic heterocycles. The van der Waals surface area contributed by atoms with Crippen LogP contribution < -0.4 is 11.1 Å². The second kappa shape index (κ2) is 4.48. The van der Waals surface area contributed by atoms with E-state index < -0.39 is 4.92 Å². The number of nitrogens with two attached hydrogens (primary N) is 1. The standard InChI is InChI=1S/C13H19N3O2/c1-13(2)6-5-10(8-13)15-9-3-4-12(16(17)18)11(14)7-9/h3-4,7,10,15H,5-6,8,14H2,1-2H3. The molecule has 1 aromatic carbocycles. The first-order valence-electron chi connectivity index (χ1n) is 6.18. The van der Waals surface area contributed by atoms with Gasteiger partial charge in [-0.1, -0.05) is 13.8 Å². The van der Waals surface area contributed by atoms with Crippen molar-refractivity contribution in [3.8, 4) is 0 Å². The van der Waals surface area contributed by atoms with E-state index in [0.29, 0.717) is 11.5 Å². The Morgan fingerprint density at radius 3 is 2.72 bits per heavy atom. The average Bonchev–Trinajstić information content (AvgIpc) is 2.57. The number of nitrogens with one attached hydrogen (secondary N) is 1. The molecule has 0 aliphatic heterocycles. The molecular formula is C13H19N3O2. The summed E-state index contributed by atoms with van der Waals surface area (Å²) in [6.45, 7) is 4.53. The summed E-state index contributed by atoms with van der Waals surface area (Å²) < 4.78 is 0. The first-order valence-corrected chi connectivity index (χ1v) is 6.18. The number of hydrogen-bond acceptors (Lipinski definition) is 4. The van der Waals surface area contributed by atoms with Gasteiger partial charge in [0.2, 0.25) is 0 Å². The van der Waals surface area contributed by atoms with Crippen LogP contribution in [0.2, 0.25) is 0 Å². The molecule has 1 aliphatic rings. The number of hydrogen-bond donors (Lipinski definition) is 2. The van der Waals surface area contributed by atoms with Crippen molar-refractivity contribution in [3.05, 3.63) is 28.3 Å². The van der Waals surface area contributed by atoms with Gasteiger partial charge in [-0.2, -0.15) is 0 Å². The van der Waals surface area contributed by atoms with Gasteiger partial charge in [-0.25, -0.2) is 0 Å². The molecule has 3 N–H and O–H groups in total. The van der Waals surface area contributed by atoms with Crippen LogP contribution in [0.4, 0.5) is 17.1 Å².